The third kappa shape index (κ3) is 8.00. The van der Waals surface area contributed by atoms with Crippen molar-refractivity contribution in [1.29, 1.82) is 0 Å². The van der Waals surface area contributed by atoms with Crippen LogP contribution in [-0.4, -0.2) is 79.9 Å². The minimum absolute atomic E-state index is 0.156. The summed E-state index contributed by atoms with van der Waals surface area (Å²) in [5.41, 5.74) is 8.17. The Morgan fingerprint density at radius 1 is 1.00 bits per heavy atom. The first kappa shape index (κ1) is 29.9. The average Bonchev–Trinajstić information content (AvgIpc) is 3.76. The quantitative estimate of drug-likeness (QED) is 0.0803. The number of hydrogen-bond acceptors (Lipinski definition) is 13. The summed E-state index contributed by atoms with van der Waals surface area (Å²) in [7, 11) is 0. The predicted octanol–water partition coefficient (Wildman–Crippen LogP) is 2.12. The molecular weight excluding hydrogens is 564 g/mol. The maximum Gasteiger partial charge on any atom is 0.332 e. The number of anilines is 2. The van der Waals surface area contributed by atoms with E-state index < -0.39 is 23.8 Å². The van der Waals surface area contributed by atoms with Crippen LogP contribution in [0.15, 0.2) is 47.0 Å². The van der Waals surface area contributed by atoms with Gasteiger partial charge >= 0.3 is 11.9 Å². The lowest BCUT2D eigenvalue weighted by molar-refractivity contribution is -0.134. The van der Waals surface area contributed by atoms with Crippen LogP contribution in [0.4, 0.5) is 10.8 Å². The van der Waals surface area contributed by atoms with E-state index in [1.807, 2.05) is 19.1 Å². The number of nitrogens with two attached hydrogens (primary N) is 1. The third-order valence-electron chi connectivity index (χ3n) is 6.31. The fourth-order valence-electron chi connectivity index (χ4n) is 4.37. The zero-order chi connectivity index (χ0) is 29.9. The van der Waals surface area contributed by atoms with Gasteiger partial charge < -0.3 is 21.3 Å². The lowest BCUT2D eigenvalue weighted by Gasteiger charge is -2.14. The molecule has 17 heteroatoms. The molecule has 42 heavy (non-hydrogen) atoms. The maximum atomic E-state index is 12.1. The Balaban J connectivity index is 1.35. The van der Waals surface area contributed by atoms with Crippen LogP contribution in [0.5, 0.6) is 0 Å². The highest BCUT2D eigenvalue weighted by Crippen LogP contribution is 2.28. The molecular formula is C25H30N12O4S. The van der Waals surface area contributed by atoms with Crippen LogP contribution >= 0.6 is 11.3 Å². The standard InChI is InChI=1S/C25H30N12O4S/c1-2-5-17(23(38)39)19(21-30-34-35-31-21)10-14-7-8-15(12-28-14)27-9-4-3-6-18(24(40)41)20(22-32-36-37-33-22)11-16-13-42-25(26)29-16/h5-8,12-13,19-20,27H,2-4,9-11H2,1H3,(H2,26,29)(H,38,39)(H,40,41)(H,30,31,34,35)(H,32,33,36,37). The van der Waals surface area contributed by atoms with Crippen molar-refractivity contribution >= 4 is 34.1 Å². The molecule has 220 valence electrons. The van der Waals surface area contributed by atoms with E-state index in [2.05, 4.69) is 56.5 Å². The Morgan fingerprint density at radius 3 is 2.14 bits per heavy atom. The second-order valence-electron chi connectivity index (χ2n) is 9.18. The van der Waals surface area contributed by atoms with Gasteiger partial charge in [0.25, 0.3) is 0 Å². The first-order valence-corrected chi connectivity index (χ1v) is 14.0. The van der Waals surface area contributed by atoms with Gasteiger partial charge in [-0.05, 0) is 31.4 Å². The minimum atomic E-state index is -1.07. The number of carboxylic acids is 2. The lowest BCUT2D eigenvalue weighted by atomic mass is 9.92. The van der Waals surface area contributed by atoms with Crippen molar-refractivity contribution < 1.29 is 19.8 Å². The maximum absolute atomic E-state index is 12.1. The van der Waals surface area contributed by atoms with E-state index in [0.29, 0.717) is 42.3 Å². The second kappa shape index (κ2) is 14.5. The van der Waals surface area contributed by atoms with Gasteiger partial charge in [0.2, 0.25) is 0 Å². The molecule has 0 saturated carbocycles. The van der Waals surface area contributed by atoms with Crippen LogP contribution in [0, 0.1) is 0 Å². The number of nitrogens with one attached hydrogen (secondary N) is 3. The van der Waals surface area contributed by atoms with Crippen molar-refractivity contribution in [3.05, 3.63) is 70.0 Å². The van der Waals surface area contributed by atoms with E-state index in [-0.39, 0.29) is 35.6 Å². The van der Waals surface area contributed by atoms with Crippen molar-refractivity contribution in [3.8, 4) is 0 Å². The molecule has 0 aliphatic carbocycles. The number of thiazole rings is 1. The average molecular weight is 595 g/mol. The smallest absolute Gasteiger partial charge is 0.332 e. The van der Waals surface area contributed by atoms with Crippen molar-refractivity contribution in [2.24, 2.45) is 0 Å². The van der Waals surface area contributed by atoms with Crippen LogP contribution in [0.3, 0.4) is 0 Å². The van der Waals surface area contributed by atoms with E-state index in [1.54, 1.807) is 23.7 Å². The number of aliphatic carboxylic acids is 2. The van der Waals surface area contributed by atoms with Gasteiger partial charge in [0, 0.05) is 41.6 Å². The van der Waals surface area contributed by atoms with Gasteiger partial charge in [-0.1, -0.05) is 29.5 Å². The minimum Gasteiger partial charge on any atom is -0.478 e. The normalized spacial score (nSPS) is 13.5. The van der Waals surface area contributed by atoms with Gasteiger partial charge in [-0.25, -0.2) is 14.6 Å². The number of carbonyl (C=O) groups is 2. The zero-order valence-electron chi connectivity index (χ0n) is 22.6. The summed E-state index contributed by atoms with van der Waals surface area (Å²) in [5, 5.41) is 53.0. The van der Waals surface area contributed by atoms with E-state index in [0.717, 1.165) is 5.69 Å². The molecule has 0 amide bonds. The van der Waals surface area contributed by atoms with Crippen molar-refractivity contribution in [1.82, 2.24) is 51.2 Å². The van der Waals surface area contributed by atoms with E-state index >= 15 is 0 Å². The van der Waals surface area contributed by atoms with E-state index in [1.165, 1.54) is 11.3 Å². The lowest BCUT2D eigenvalue weighted by Crippen LogP contribution is -2.16. The molecule has 7 N–H and O–H groups in total. The largest absolute Gasteiger partial charge is 0.478 e. The molecule has 4 rings (SSSR count). The first-order valence-electron chi connectivity index (χ1n) is 13.1. The summed E-state index contributed by atoms with van der Waals surface area (Å²) >= 11 is 1.28. The van der Waals surface area contributed by atoms with Crippen molar-refractivity contribution in [3.63, 3.8) is 0 Å². The van der Waals surface area contributed by atoms with E-state index in [9.17, 15) is 19.8 Å². The van der Waals surface area contributed by atoms with Gasteiger partial charge in [-0.3, -0.25) is 4.98 Å². The molecule has 0 radical (unpaired) electrons. The molecule has 4 heterocycles. The topological polar surface area (TPSA) is 247 Å². The number of unbranched alkanes of at least 4 members (excludes halogenated alkanes) is 1. The number of tetrazole rings is 2. The van der Waals surface area contributed by atoms with Crippen LogP contribution in [0.2, 0.25) is 0 Å². The number of hydrogen-bond donors (Lipinski definition) is 6. The molecule has 16 nitrogen and oxygen atoms in total. The highest BCUT2D eigenvalue weighted by molar-refractivity contribution is 7.13. The van der Waals surface area contributed by atoms with Crippen molar-refractivity contribution in [2.75, 3.05) is 17.6 Å². The number of nitrogens with zero attached hydrogens (tertiary/aromatic N) is 8. The van der Waals surface area contributed by atoms with Gasteiger partial charge in [-0.2, -0.15) is 10.4 Å². The molecule has 4 aromatic rings. The number of rotatable bonds is 16. The zero-order valence-corrected chi connectivity index (χ0v) is 23.5. The number of aromatic nitrogens is 10. The van der Waals surface area contributed by atoms with Crippen LogP contribution in [-0.2, 0) is 22.4 Å². The van der Waals surface area contributed by atoms with Crippen molar-refractivity contribution in [2.45, 2.75) is 50.9 Å². The molecule has 0 saturated heterocycles. The Morgan fingerprint density at radius 2 is 1.64 bits per heavy atom. The number of H-pyrrole nitrogens is 2. The summed E-state index contributed by atoms with van der Waals surface area (Å²) < 4.78 is 0. The molecule has 0 bridgehead atoms. The van der Waals surface area contributed by atoms with Crippen LogP contribution in [0.1, 0.15) is 61.1 Å². The number of pyridine rings is 1. The fourth-order valence-corrected chi connectivity index (χ4v) is 4.94. The SMILES string of the molecule is CCC=C(C(=O)O)C(Cc1ccc(NCCCC=C(C(=O)O)C(Cc2csc(N)n2)c2nn[nH]n2)cn1)c1nn[nH]n1. The fraction of sp³-hybridized carbons (Fsp3) is 0.360. The van der Waals surface area contributed by atoms with Gasteiger partial charge in [0.15, 0.2) is 16.8 Å². The molecule has 0 aromatic carbocycles. The summed E-state index contributed by atoms with van der Waals surface area (Å²) in [6.45, 7) is 2.42. The number of carboxylic acid groups (broad SMARTS) is 2. The van der Waals surface area contributed by atoms with Gasteiger partial charge in [0.05, 0.1) is 29.4 Å². The number of aromatic amines is 2. The molecule has 0 aliphatic heterocycles. The van der Waals surface area contributed by atoms with Crippen LogP contribution < -0.4 is 11.1 Å². The van der Waals surface area contributed by atoms with Gasteiger partial charge in [-0.15, -0.1) is 31.7 Å². The molecule has 2 unspecified atom stereocenters. The summed E-state index contributed by atoms with van der Waals surface area (Å²) in [5.74, 6) is -2.81. The molecule has 2 atom stereocenters. The number of nitrogen functional groups attached to an aromatic ring is 1. The molecule has 0 aliphatic rings. The highest BCUT2D eigenvalue weighted by atomic mass is 32.1. The molecule has 4 aromatic heterocycles. The summed E-state index contributed by atoms with van der Waals surface area (Å²) in [6.07, 6.45) is 7.22. The predicted molar refractivity (Wildman–Crippen MR) is 151 cm³/mol. The highest BCUT2D eigenvalue weighted by Gasteiger charge is 2.28. The molecule has 0 spiro atoms. The van der Waals surface area contributed by atoms with Gasteiger partial charge in [0.1, 0.15) is 0 Å². The molecule has 0 fully saturated rings. The third-order valence-corrected chi connectivity index (χ3v) is 7.03. The van der Waals surface area contributed by atoms with Crippen LogP contribution in [0.25, 0.3) is 0 Å². The summed E-state index contributed by atoms with van der Waals surface area (Å²) in [6, 6.07) is 3.66. The summed E-state index contributed by atoms with van der Waals surface area (Å²) in [4.78, 5) is 32.7. The Labute approximate surface area is 243 Å². The first-order chi connectivity index (χ1) is 20.4. The number of allylic oxidation sites excluding steroid dienone is 2. The monoisotopic (exact) mass is 594 g/mol. The Kier molecular flexibility index (Phi) is 10.4. The Bertz CT molecular complexity index is 1500. The second-order valence-corrected chi connectivity index (χ2v) is 10.1. The Hall–Kier alpha value is -5.06. The van der Waals surface area contributed by atoms with E-state index in [4.69, 9.17) is 5.73 Å².